The minimum absolute atomic E-state index is 0.0423. The summed E-state index contributed by atoms with van der Waals surface area (Å²) in [6.07, 6.45) is 5.66. The molecule has 1 heterocycles. The molecule has 3 unspecified atom stereocenters. The van der Waals surface area contributed by atoms with Gasteiger partial charge >= 0.3 is 5.97 Å². The summed E-state index contributed by atoms with van der Waals surface area (Å²) in [6.45, 7) is 4.04. The molecule has 110 valence electrons. The Bertz CT molecular complexity index is 304. The van der Waals surface area contributed by atoms with E-state index in [2.05, 4.69) is 5.32 Å². The summed E-state index contributed by atoms with van der Waals surface area (Å²) in [7, 11) is 0. The van der Waals surface area contributed by atoms with Crippen LogP contribution in [0.2, 0.25) is 0 Å². The zero-order valence-electron chi connectivity index (χ0n) is 11.7. The van der Waals surface area contributed by atoms with E-state index in [1.54, 1.807) is 0 Å². The molecule has 0 aromatic heterocycles. The second-order valence-corrected chi connectivity index (χ2v) is 5.60. The molecule has 1 aliphatic heterocycles. The molecule has 2 aliphatic rings. The summed E-state index contributed by atoms with van der Waals surface area (Å²) < 4.78 is 11.5. The fourth-order valence-corrected chi connectivity index (χ4v) is 3.09. The molecule has 0 bridgehead atoms. The lowest BCUT2D eigenvalue weighted by molar-refractivity contribution is -0.145. The first-order chi connectivity index (χ1) is 9.16. The van der Waals surface area contributed by atoms with Crippen molar-refractivity contribution in [3.63, 3.8) is 0 Å². The van der Waals surface area contributed by atoms with Crippen LogP contribution >= 0.6 is 0 Å². The first-order valence-electron chi connectivity index (χ1n) is 7.38. The highest BCUT2D eigenvalue weighted by Gasteiger charge is 2.45. The van der Waals surface area contributed by atoms with Gasteiger partial charge in [-0.05, 0) is 38.6 Å². The highest BCUT2D eigenvalue weighted by molar-refractivity contribution is 5.79. The number of rotatable bonds is 6. The predicted molar refractivity (Wildman–Crippen MR) is 71.2 cm³/mol. The number of likely N-dealkylation sites (N-methyl/N-ethyl adjacent to an activating group) is 1. The van der Waals surface area contributed by atoms with Gasteiger partial charge in [0.2, 0.25) is 0 Å². The van der Waals surface area contributed by atoms with Crippen molar-refractivity contribution < 1.29 is 19.4 Å². The zero-order chi connectivity index (χ0) is 13.7. The number of nitrogens with one attached hydrogen (secondary N) is 1. The Morgan fingerprint density at radius 3 is 2.95 bits per heavy atom. The Balaban J connectivity index is 1.78. The average Bonchev–Trinajstić information content (AvgIpc) is 2.83. The first kappa shape index (κ1) is 14.8. The van der Waals surface area contributed by atoms with Gasteiger partial charge in [-0.2, -0.15) is 0 Å². The third kappa shape index (κ3) is 3.68. The Morgan fingerprint density at radius 2 is 2.32 bits per heavy atom. The lowest BCUT2D eigenvalue weighted by atomic mass is 9.98. The van der Waals surface area contributed by atoms with Crippen molar-refractivity contribution in [3.05, 3.63) is 0 Å². The number of carboxylic acid groups (broad SMARTS) is 1. The van der Waals surface area contributed by atoms with Gasteiger partial charge in [0, 0.05) is 13.0 Å². The van der Waals surface area contributed by atoms with Crippen LogP contribution < -0.4 is 5.32 Å². The highest BCUT2D eigenvalue weighted by Crippen LogP contribution is 2.32. The van der Waals surface area contributed by atoms with Gasteiger partial charge in [0.1, 0.15) is 5.54 Å². The van der Waals surface area contributed by atoms with E-state index in [1.807, 2.05) is 6.92 Å². The van der Waals surface area contributed by atoms with E-state index in [0.717, 1.165) is 25.9 Å². The van der Waals surface area contributed by atoms with Crippen molar-refractivity contribution in [1.82, 2.24) is 5.32 Å². The third-order valence-electron chi connectivity index (χ3n) is 4.19. The maximum absolute atomic E-state index is 11.4. The molecule has 5 heteroatoms. The van der Waals surface area contributed by atoms with Crippen LogP contribution in [-0.4, -0.2) is 48.6 Å². The number of aliphatic carboxylic acids is 1. The average molecular weight is 271 g/mol. The molecule has 1 saturated heterocycles. The van der Waals surface area contributed by atoms with Crippen LogP contribution in [0.4, 0.5) is 0 Å². The molecule has 1 saturated carbocycles. The fourth-order valence-electron chi connectivity index (χ4n) is 3.09. The topological polar surface area (TPSA) is 67.8 Å². The normalized spacial score (nSPS) is 35.4. The number of hydrogen-bond donors (Lipinski definition) is 2. The summed E-state index contributed by atoms with van der Waals surface area (Å²) in [5.74, 6) is -0.755. The summed E-state index contributed by atoms with van der Waals surface area (Å²) in [5, 5.41) is 12.5. The van der Waals surface area contributed by atoms with Gasteiger partial charge in [-0.15, -0.1) is 0 Å². The summed E-state index contributed by atoms with van der Waals surface area (Å²) in [5.41, 5.74) is -0.785. The fraction of sp³-hybridized carbons (Fsp3) is 0.929. The van der Waals surface area contributed by atoms with E-state index >= 15 is 0 Å². The van der Waals surface area contributed by atoms with Crippen LogP contribution in [0.15, 0.2) is 0 Å². The van der Waals surface area contributed by atoms with Crippen molar-refractivity contribution in [2.45, 2.75) is 63.2 Å². The Hall–Kier alpha value is -0.650. The Morgan fingerprint density at radius 1 is 1.47 bits per heavy atom. The standard InChI is InChI=1S/C14H25NO4/c1-2-15-14(13(16)17)7-6-11(9-14)19-10-12-5-3-4-8-18-12/h11-12,15H,2-10H2,1H3,(H,16,17). The molecule has 2 rings (SSSR count). The molecule has 2 N–H and O–H groups in total. The molecule has 0 amide bonds. The smallest absolute Gasteiger partial charge is 0.323 e. The number of carbonyl (C=O) groups is 1. The maximum atomic E-state index is 11.4. The molecular weight excluding hydrogens is 246 g/mol. The van der Waals surface area contributed by atoms with Crippen LogP contribution in [0.1, 0.15) is 45.4 Å². The monoisotopic (exact) mass is 271 g/mol. The van der Waals surface area contributed by atoms with Gasteiger partial charge < -0.3 is 19.9 Å². The summed E-state index contributed by atoms with van der Waals surface area (Å²) >= 11 is 0. The van der Waals surface area contributed by atoms with Gasteiger partial charge in [0.15, 0.2) is 0 Å². The van der Waals surface area contributed by atoms with Gasteiger partial charge in [-0.1, -0.05) is 6.92 Å². The SMILES string of the molecule is CCNC1(C(=O)O)CCC(OCC2CCCCO2)C1. The lowest BCUT2D eigenvalue weighted by Crippen LogP contribution is -2.50. The quantitative estimate of drug-likeness (QED) is 0.767. The zero-order valence-corrected chi connectivity index (χ0v) is 11.7. The number of ether oxygens (including phenoxy) is 2. The van der Waals surface area contributed by atoms with E-state index in [-0.39, 0.29) is 12.2 Å². The van der Waals surface area contributed by atoms with Crippen LogP contribution in [0.3, 0.4) is 0 Å². The molecule has 0 aromatic carbocycles. The van der Waals surface area contributed by atoms with Crippen molar-refractivity contribution in [2.24, 2.45) is 0 Å². The van der Waals surface area contributed by atoms with E-state index < -0.39 is 11.5 Å². The van der Waals surface area contributed by atoms with E-state index in [4.69, 9.17) is 9.47 Å². The molecule has 0 radical (unpaired) electrons. The van der Waals surface area contributed by atoms with Crippen LogP contribution in [0.25, 0.3) is 0 Å². The van der Waals surface area contributed by atoms with E-state index in [1.165, 1.54) is 6.42 Å². The maximum Gasteiger partial charge on any atom is 0.323 e. The number of hydrogen-bond acceptors (Lipinski definition) is 4. The molecule has 0 spiro atoms. The number of carboxylic acids is 1. The second-order valence-electron chi connectivity index (χ2n) is 5.60. The van der Waals surface area contributed by atoms with Crippen molar-refractivity contribution in [1.29, 1.82) is 0 Å². The van der Waals surface area contributed by atoms with Crippen LogP contribution in [0, 0.1) is 0 Å². The molecule has 1 aliphatic carbocycles. The highest BCUT2D eigenvalue weighted by atomic mass is 16.5. The molecule has 3 atom stereocenters. The van der Waals surface area contributed by atoms with Gasteiger partial charge in [0.25, 0.3) is 0 Å². The van der Waals surface area contributed by atoms with E-state index in [9.17, 15) is 9.90 Å². The lowest BCUT2D eigenvalue weighted by Gasteiger charge is -2.26. The molecule has 19 heavy (non-hydrogen) atoms. The Labute approximate surface area is 114 Å². The molecule has 0 aromatic rings. The van der Waals surface area contributed by atoms with Crippen molar-refractivity contribution in [2.75, 3.05) is 19.8 Å². The van der Waals surface area contributed by atoms with Crippen molar-refractivity contribution in [3.8, 4) is 0 Å². The molecule has 5 nitrogen and oxygen atoms in total. The third-order valence-corrected chi connectivity index (χ3v) is 4.19. The van der Waals surface area contributed by atoms with Gasteiger partial charge in [-0.25, -0.2) is 0 Å². The van der Waals surface area contributed by atoms with Gasteiger partial charge in [0.05, 0.1) is 18.8 Å². The minimum atomic E-state index is -0.785. The second kappa shape index (κ2) is 6.68. The predicted octanol–water partition coefficient (Wildman–Crippen LogP) is 1.56. The van der Waals surface area contributed by atoms with Gasteiger partial charge in [-0.3, -0.25) is 4.79 Å². The van der Waals surface area contributed by atoms with Crippen molar-refractivity contribution >= 4 is 5.97 Å². The van der Waals surface area contributed by atoms with Crippen LogP contribution in [-0.2, 0) is 14.3 Å². The van der Waals surface area contributed by atoms with Crippen LogP contribution in [0.5, 0.6) is 0 Å². The first-order valence-corrected chi connectivity index (χ1v) is 7.38. The summed E-state index contributed by atoms with van der Waals surface area (Å²) in [6, 6.07) is 0. The molecular formula is C14H25NO4. The van der Waals surface area contributed by atoms with E-state index in [0.29, 0.717) is 26.0 Å². The Kier molecular flexibility index (Phi) is 5.19. The summed E-state index contributed by atoms with van der Waals surface area (Å²) in [4.78, 5) is 11.4. The minimum Gasteiger partial charge on any atom is -0.480 e. The molecule has 2 fully saturated rings. The largest absolute Gasteiger partial charge is 0.480 e.